The first-order chi connectivity index (χ1) is 14.7. The number of nitrogens with zero attached hydrogens (tertiary/aromatic N) is 4. The maximum Gasteiger partial charge on any atom is 0.404 e. The van der Waals surface area contributed by atoms with Crippen LogP contribution in [0.1, 0.15) is 26.6 Å². The van der Waals surface area contributed by atoms with E-state index in [0.29, 0.717) is 47.9 Å². The molecule has 3 rings (SSSR count). The van der Waals surface area contributed by atoms with Gasteiger partial charge in [-0.2, -0.15) is 0 Å². The molecular weight excluding hydrogens is 422 g/mol. The molecule has 0 saturated carbocycles. The van der Waals surface area contributed by atoms with Crippen molar-refractivity contribution in [3.05, 3.63) is 39.4 Å². The van der Waals surface area contributed by atoms with Crippen LogP contribution in [0.5, 0.6) is 0 Å². The summed E-state index contributed by atoms with van der Waals surface area (Å²) in [5.74, 6) is 0.512. The highest BCUT2D eigenvalue weighted by Crippen LogP contribution is 2.19. The zero-order valence-corrected chi connectivity index (χ0v) is 19.0. The fourth-order valence-electron chi connectivity index (χ4n) is 3.60. The topological polar surface area (TPSA) is 99.9 Å². The van der Waals surface area contributed by atoms with E-state index < -0.39 is 6.09 Å². The summed E-state index contributed by atoms with van der Waals surface area (Å²) in [5.41, 5.74) is 0.117. The van der Waals surface area contributed by atoms with Crippen molar-refractivity contribution in [2.24, 2.45) is 0 Å². The van der Waals surface area contributed by atoms with Crippen LogP contribution in [0.4, 0.5) is 4.79 Å². The predicted molar refractivity (Wildman–Crippen MR) is 121 cm³/mol. The summed E-state index contributed by atoms with van der Waals surface area (Å²) in [7, 11) is 0. The molecule has 1 fully saturated rings. The molecule has 1 aliphatic heterocycles. The van der Waals surface area contributed by atoms with Crippen LogP contribution >= 0.6 is 11.6 Å². The summed E-state index contributed by atoms with van der Waals surface area (Å²) >= 11 is 6.30. The number of hydrogen-bond acceptors (Lipinski definition) is 6. The van der Waals surface area contributed by atoms with Crippen molar-refractivity contribution in [2.45, 2.75) is 32.8 Å². The van der Waals surface area contributed by atoms with Gasteiger partial charge in [-0.3, -0.25) is 9.69 Å². The Morgan fingerprint density at radius 3 is 2.61 bits per heavy atom. The minimum atomic E-state index is -1.11. The lowest BCUT2D eigenvalue weighted by molar-refractivity contribution is -0.0139. The summed E-state index contributed by atoms with van der Waals surface area (Å²) in [6, 6.07) is 5.17. The van der Waals surface area contributed by atoms with E-state index in [9.17, 15) is 9.59 Å². The molecule has 0 unspecified atom stereocenters. The Morgan fingerprint density at radius 1 is 1.26 bits per heavy atom. The van der Waals surface area contributed by atoms with Gasteiger partial charge in [-0.15, -0.1) is 0 Å². The molecule has 31 heavy (non-hydrogen) atoms. The molecule has 1 aliphatic rings. The first kappa shape index (κ1) is 23.3. The van der Waals surface area contributed by atoms with Crippen LogP contribution in [-0.4, -0.2) is 77.2 Å². The molecule has 2 heterocycles. The van der Waals surface area contributed by atoms with Crippen molar-refractivity contribution < 1.29 is 14.6 Å². The van der Waals surface area contributed by atoms with Gasteiger partial charge in [0.25, 0.3) is 5.56 Å². The largest absolute Gasteiger partial charge is 0.465 e. The molecule has 170 valence electrons. The lowest BCUT2D eigenvalue weighted by Gasteiger charge is -2.37. The normalized spacial score (nSPS) is 15.4. The molecule has 2 N–H and O–H groups in total. The summed E-state index contributed by atoms with van der Waals surface area (Å²) in [6.45, 7) is 10.6. The quantitative estimate of drug-likeness (QED) is 0.663. The number of nitrogens with one attached hydrogen (secondary N) is 1. The van der Waals surface area contributed by atoms with E-state index in [-0.39, 0.29) is 17.7 Å². The van der Waals surface area contributed by atoms with E-state index in [1.165, 1.54) is 0 Å². The SMILES string of the molecule is CC(C)(C)OCCN1CCN(n2c(CCNC(=O)O)nc3cccc(Cl)c3c2=O)CC1. The van der Waals surface area contributed by atoms with Gasteiger partial charge in [0.15, 0.2) is 0 Å². The van der Waals surface area contributed by atoms with E-state index in [0.717, 1.165) is 19.6 Å². The number of ether oxygens (including phenoxy) is 1. The highest BCUT2D eigenvalue weighted by Gasteiger charge is 2.23. The number of rotatable bonds is 7. The Labute approximate surface area is 186 Å². The number of amides is 1. The van der Waals surface area contributed by atoms with Gasteiger partial charge < -0.3 is 20.2 Å². The number of piperazine rings is 1. The molecule has 0 radical (unpaired) electrons. The van der Waals surface area contributed by atoms with Gasteiger partial charge in [0.1, 0.15) is 5.82 Å². The van der Waals surface area contributed by atoms with Gasteiger partial charge in [-0.05, 0) is 32.9 Å². The average molecular weight is 452 g/mol. The van der Waals surface area contributed by atoms with Crippen LogP contribution in [0.25, 0.3) is 10.9 Å². The highest BCUT2D eigenvalue weighted by atomic mass is 35.5. The minimum absolute atomic E-state index is 0.163. The van der Waals surface area contributed by atoms with Crippen LogP contribution in [-0.2, 0) is 11.2 Å². The second kappa shape index (κ2) is 9.84. The molecule has 1 aromatic heterocycles. The zero-order chi connectivity index (χ0) is 22.6. The maximum absolute atomic E-state index is 13.4. The molecule has 0 atom stereocenters. The Kier molecular flexibility index (Phi) is 7.40. The third kappa shape index (κ3) is 6.09. The number of fused-ring (bicyclic) bond motifs is 1. The minimum Gasteiger partial charge on any atom is -0.465 e. The molecule has 0 bridgehead atoms. The Balaban J connectivity index is 1.80. The summed E-state index contributed by atoms with van der Waals surface area (Å²) in [4.78, 5) is 31.1. The fraction of sp³-hybridized carbons (Fsp3) is 0.571. The second-order valence-electron chi connectivity index (χ2n) is 8.52. The Morgan fingerprint density at radius 2 is 1.97 bits per heavy atom. The van der Waals surface area contributed by atoms with Crippen molar-refractivity contribution >= 4 is 28.6 Å². The lowest BCUT2D eigenvalue weighted by atomic mass is 10.2. The van der Waals surface area contributed by atoms with E-state index in [1.54, 1.807) is 22.9 Å². The van der Waals surface area contributed by atoms with Crippen LogP contribution < -0.4 is 15.9 Å². The number of hydrogen-bond donors (Lipinski definition) is 2. The monoisotopic (exact) mass is 451 g/mol. The molecule has 1 saturated heterocycles. The van der Waals surface area contributed by atoms with Gasteiger partial charge >= 0.3 is 6.09 Å². The van der Waals surface area contributed by atoms with Crippen LogP contribution in [0.3, 0.4) is 0 Å². The van der Waals surface area contributed by atoms with Gasteiger partial charge in [0, 0.05) is 45.7 Å². The maximum atomic E-state index is 13.4. The number of halogens is 1. The van der Waals surface area contributed by atoms with Gasteiger partial charge in [-0.25, -0.2) is 14.5 Å². The van der Waals surface area contributed by atoms with Gasteiger partial charge in [0.2, 0.25) is 0 Å². The van der Waals surface area contributed by atoms with Crippen molar-refractivity contribution in [1.29, 1.82) is 0 Å². The number of carbonyl (C=O) groups is 1. The molecule has 2 aromatic rings. The molecule has 10 heteroatoms. The number of aromatic nitrogens is 2. The highest BCUT2D eigenvalue weighted by molar-refractivity contribution is 6.35. The molecule has 0 spiro atoms. The molecular formula is C21H30ClN5O4. The smallest absolute Gasteiger partial charge is 0.404 e. The number of carboxylic acid groups (broad SMARTS) is 1. The Bertz CT molecular complexity index is 980. The first-order valence-corrected chi connectivity index (χ1v) is 10.8. The van der Waals surface area contributed by atoms with Crippen molar-refractivity contribution in [1.82, 2.24) is 19.9 Å². The standard InChI is InChI=1S/C21H30ClN5O4/c1-21(2,3)31-14-13-25-9-11-26(12-10-25)27-17(7-8-23-20(29)30)24-16-6-4-5-15(22)18(16)19(27)28/h4-6,23H,7-14H2,1-3H3,(H,29,30). The van der Waals surface area contributed by atoms with Crippen molar-refractivity contribution in [3.63, 3.8) is 0 Å². The Hall–Kier alpha value is -2.36. The summed E-state index contributed by atoms with van der Waals surface area (Å²) < 4.78 is 7.39. The lowest BCUT2D eigenvalue weighted by Crippen LogP contribution is -2.55. The molecule has 0 aliphatic carbocycles. The van der Waals surface area contributed by atoms with Crippen LogP contribution in [0.15, 0.2) is 23.0 Å². The average Bonchev–Trinajstić information content (AvgIpc) is 2.67. The van der Waals surface area contributed by atoms with Crippen molar-refractivity contribution in [2.75, 3.05) is 50.9 Å². The van der Waals surface area contributed by atoms with Crippen LogP contribution in [0.2, 0.25) is 5.02 Å². The number of benzene rings is 1. The molecule has 1 aromatic carbocycles. The molecule has 9 nitrogen and oxygen atoms in total. The van der Waals surface area contributed by atoms with Gasteiger partial charge in [0.05, 0.1) is 28.1 Å². The van der Waals surface area contributed by atoms with Crippen LogP contribution in [0, 0.1) is 0 Å². The molecule has 1 amide bonds. The van der Waals surface area contributed by atoms with E-state index >= 15 is 0 Å². The predicted octanol–water partition coefficient (Wildman–Crippen LogP) is 1.93. The first-order valence-electron chi connectivity index (χ1n) is 10.4. The second-order valence-corrected chi connectivity index (χ2v) is 8.92. The van der Waals surface area contributed by atoms with Gasteiger partial charge in [-0.1, -0.05) is 17.7 Å². The zero-order valence-electron chi connectivity index (χ0n) is 18.2. The third-order valence-electron chi connectivity index (χ3n) is 5.09. The van der Waals surface area contributed by atoms with E-state index in [1.807, 2.05) is 25.8 Å². The summed E-state index contributed by atoms with van der Waals surface area (Å²) in [5, 5.41) is 13.9. The summed E-state index contributed by atoms with van der Waals surface area (Å²) in [6.07, 6.45) is -0.812. The fourth-order valence-corrected chi connectivity index (χ4v) is 3.85. The third-order valence-corrected chi connectivity index (χ3v) is 5.41. The van der Waals surface area contributed by atoms with Crippen molar-refractivity contribution in [3.8, 4) is 0 Å². The van der Waals surface area contributed by atoms with E-state index in [4.69, 9.17) is 21.4 Å². The van der Waals surface area contributed by atoms with E-state index in [2.05, 4.69) is 15.2 Å².